The molecule has 0 saturated heterocycles. The van der Waals surface area contributed by atoms with Gasteiger partial charge in [0.1, 0.15) is 0 Å². The van der Waals surface area contributed by atoms with Crippen molar-refractivity contribution in [3.63, 3.8) is 0 Å². The molecule has 0 radical (unpaired) electrons. The Labute approximate surface area is 565 Å². The average Bonchev–Trinajstić information content (AvgIpc) is 0.763. The van der Waals surface area contributed by atoms with Gasteiger partial charge < -0.3 is 14.4 Å². The molecule has 10 heteroatoms. The van der Waals surface area contributed by atoms with Gasteiger partial charge in [0.25, 0.3) is 6.71 Å². The second-order valence-corrected chi connectivity index (χ2v) is 25.0. The second-order valence-electron chi connectivity index (χ2n) is 25.0. The molecule has 98 heavy (non-hydrogen) atoms. The van der Waals surface area contributed by atoms with Gasteiger partial charge in [0, 0.05) is 61.6 Å². The van der Waals surface area contributed by atoms with Crippen LogP contribution in [0.4, 0.5) is 47.3 Å². The molecule has 0 atom stereocenters. The van der Waals surface area contributed by atoms with E-state index in [4.69, 9.17) is 15.0 Å². The fourth-order valence-electron chi connectivity index (χ4n) is 14.8. The molecule has 0 amide bonds. The van der Waals surface area contributed by atoms with Crippen molar-refractivity contribution in [1.82, 2.24) is 19.5 Å². The largest absolute Gasteiger partial charge is 0.419 e. The van der Waals surface area contributed by atoms with Gasteiger partial charge in [0.05, 0.1) is 22.3 Å². The highest BCUT2D eigenvalue weighted by molar-refractivity contribution is 7.00. The zero-order valence-electron chi connectivity index (χ0n) is 52.7. The molecule has 2 aliphatic rings. The van der Waals surface area contributed by atoms with Crippen molar-refractivity contribution in [1.29, 1.82) is 0 Å². The van der Waals surface area contributed by atoms with Crippen LogP contribution in [0.25, 0.3) is 117 Å². The van der Waals surface area contributed by atoms with Crippen LogP contribution in [0.15, 0.2) is 340 Å². The van der Waals surface area contributed by atoms with Crippen molar-refractivity contribution in [2.75, 3.05) is 9.80 Å². The van der Waals surface area contributed by atoms with E-state index in [1.54, 1.807) is 16.7 Å². The standard InChI is InChI=1S/C88H56BF3N6/c90-88(91,92)83-72(87-94-85(61-34-15-5-16-35-61)93-86(95-87)62-36-17-6-18-37-62)39-25-45-80(83)98-76-42-22-19-38-71(76)73-54-63(46-47-77(73)98)68-55-81-84-82(56-68)97(70-52-66(59-30-11-3-12-31-59)49-67(53-70)60-32-13-4-14-33-60)79-44-24-21-41-75(79)89(84)74-40-20-23-43-78(74)96(81)69-50-64(57-26-7-1-8-27-57)48-65(51-69)58-28-9-2-10-29-58/h1-56H. The van der Waals surface area contributed by atoms with Gasteiger partial charge in [-0.25, -0.2) is 15.0 Å². The summed E-state index contributed by atoms with van der Waals surface area (Å²) < 4.78 is 51.5. The molecule has 0 spiro atoms. The summed E-state index contributed by atoms with van der Waals surface area (Å²) in [5.74, 6) is 0.436. The fraction of sp³-hybridized carbons (Fsp3) is 0.0114. The Balaban J connectivity index is 0.892. The predicted octanol–water partition coefficient (Wildman–Crippen LogP) is 21.4. The van der Waals surface area contributed by atoms with Gasteiger partial charge in [-0.1, -0.05) is 255 Å². The van der Waals surface area contributed by atoms with Crippen LogP contribution >= 0.6 is 0 Å². The minimum absolute atomic E-state index is 0.0510. The number of hydrogen-bond acceptors (Lipinski definition) is 5. The molecule has 16 aromatic rings. The smallest absolute Gasteiger partial charge is 0.311 e. The SMILES string of the molecule is FC(F)(F)c1c(-c2nc(-c3ccccc3)nc(-c3ccccc3)n2)cccc1-n1c2ccccc2c2cc(-c3cc4c5c(c3)N(c3cc(-c6ccccc6)cc(-c6ccccc6)c3)c3ccccc3B5c3ccccc3N4c3cc(-c4ccccc4)cc(-c4ccccc4)c3)ccc21. The molecule has 0 fully saturated rings. The quantitative estimate of drug-likeness (QED) is 0.121. The lowest BCUT2D eigenvalue weighted by atomic mass is 9.33. The highest BCUT2D eigenvalue weighted by atomic mass is 19.4. The summed E-state index contributed by atoms with van der Waals surface area (Å²) in [4.78, 5) is 19.4. The first-order valence-corrected chi connectivity index (χ1v) is 32.8. The Kier molecular flexibility index (Phi) is 14.0. The Morgan fingerprint density at radius 2 is 0.643 bits per heavy atom. The summed E-state index contributed by atoms with van der Waals surface area (Å²) in [5.41, 5.74) is 21.6. The van der Waals surface area contributed by atoms with Gasteiger partial charge >= 0.3 is 6.18 Å². The molecule has 462 valence electrons. The van der Waals surface area contributed by atoms with Crippen LogP contribution in [0.2, 0.25) is 0 Å². The number of aromatic nitrogens is 4. The molecular weight excluding hydrogens is 1210 g/mol. The summed E-state index contributed by atoms with van der Waals surface area (Å²) in [6.07, 6.45) is -4.86. The zero-order valence-corrected chi connectivity index (χ0v) is 52.7. The van der Waals surface area contributed by atoms with E-state index < -0.39 is 11.7 Å². The predicted molar refractivity (Wildman–Crippen MR) is 397 cm³/mol. The summed E-state index contributed by atoms with van der Waals surface area (Å²) in [6, 6.07) is 116. The van der Waals surface area contributed by atoms with E-state index in [1.165, 1.54) is 17.0 Å². The first kappa shape index (κ1) is 58.0. The lowest BCUT2D eigenvalue weighted by Gasteiger charge is -2.44. The molecule has 0 N–H and O–H groups in total. The summed E-state index contributed by atoms with van der Waals surface area (Å²) >= 11 is 0. The van der Waals surface area contributed by atoms with Crippen LogP contribution in [0.1, 0.15) is 5.56 Å². The first-order chi connectivity index (χ1) is 48.2. The molecule has 4 heterocycles. The van der Waals surface area contributed by atoms with Crippen molar-refractivity contribution >= 4 is 79.0 Å². The van der Waals surface area contributed by atoms with Crippen LogP contribution < -0.4 is 26.2 Å². The summed E-state index contributed by atoms with van der Waals surface area (Å²) in [7, 11) is 0. The monoisotopic (exact) mass is 1260 g/mol. The van der Waals surface area contributed by atoms with Crippen LogP contribution in [-0.2, 0) is 6.18 Å². The number of hydrogen-bond donors (Lipinski definition) is 0. The number of fused-ring (bicyclic) bond motifs is 7. The normalized spacial score (nSPS) is 12.4. The number of halogens is 3. The number of anilines is 6. The van der Waals surface area contributed by atoms with E-state index in [0.29, 0.717) is 22.2 Å². The molecule has 2 aliphatic heterocycles. The minimum atomic E-state index is -4.86. The van der Waals surface area contributed by atoms with Gasteiger partial charge in [0.15, 0.2) is 17.5 Å². The number of alkyl halides is 3. The second kappa shape index (κ2) is 23.7. The van der Waals surface area contributed by atoms with Crippen molar-refractivity contribution < 1.29 is 13.2 Å². The number of rotatable bonds is 11. The van der Waals surface area contributed by atoms with Crippen LogP contribution in [0.5, 0.6) is 0 Å². The number of para-hydroxylation sites is 3. The maximum absolute atomic E-state index is 16.6. The summed E-state index contributed by atoms with van der Waals surface area (Å²) in [6.45, 7) is -0.183. The van der Waals surface area contributed by atoms with E-state index in [-0.39, 0.29) is 35.4 Å². The molecule has 2 aromatic heterocycles. The number of nitrogens with zero attached hydrogens (tertiary/aromatic N) is 6. The van der Waals surface area contributed by atoms with Crippen LogP contribution in [-0.4, -0.2) is 26.2 Å². The Hall–Kier alpha value is -12.7. The molecular formula is C88H56BF3N6. The third-order valence-corrected chi connectivity index (χ3v) is 19.2. The lowest BCUT2D eigenvalue weighted by molar-refractivity contribution is -0.137. The van der Waals surface area contributed by atoms with E-state index in [2.05, 4.69) is 240 Å². The van der Waals surface area contributed by atoms with E-state index in [0.717, 1.165) is 106 Å². The summed E-state index contributed by atoms with van der Waals surface area (Å²) in [5, 5.41) is 1.58. The fourth-order valence-corrected chi connectivity index (χ4v) is 14.8. The molecule has 6 nitrogen and oxygen atoms in total. The molecule has 0 aliphatic carbocycles. The average molecular weight is 1270 g/mol. The molecule has 0 bridgehead atoms. The Morgan fingerprint density at radius 1 is 0.265 bits per heavy atom. The van der Waals surface area contributed by atoms with Crippen molar-refractivity contribution in [2.45, 2.75) is 6.18 Å². The highest BCUT2D eigenvalue weighted by Gasteiger charge is 2.44. The van der Waals surface area contributed by atoms with E-state index in [1.807, 2.05) is 91.0 Å². The minimum Gasteiger partial charge on any atom is -0.311 e. The lowest BCUT2D eigenvalue weighted by Crippen LogP contribution is -2.61. The van der Waals surface area contributed by atoms with Crippen molar-refractivity contribution in [3.8, 4) is 95.5 Å². The van der Waals surface area contributed by atoms with E-state index >= 15 is 13.2 Å². The Morgan fingerprint density at radius 3 is 1.10 bits per heavy atom. The van der Waals surface area contributed by atoms with Crippen molar-refractivity contribution in [3.05, 3.63) is 345 Å². The third-order valence-electron chi connectivity index (χ3n) is 19.2. The van der Waals surface area contributed by atoms with Crippen LogP contribution in [0.3, 0.4) is 0 Å². The molecule has 0 unspecified atom stereocenters. The maximum Gasteiger partial charge on any atom is 0.419 e. The van der Waals surface area contributed by atoms with Crippen molar-refractivity contribution in [2.24, 2.45) is 0 Å². The zero-order chi connectivity index (χ0) is 65.4. The number of benzene rings is 14. The van der Waals surface area contributed by atoms with Gasteiger partial charge in [-0.3, -0.25) is 0 Å². The van der Waals surface area contributed by atoms with Crippen LogP contribution in [0, 0.1) is 0 Å². The topological polar surface area (TPSA) is 50.1 Å². The highest BCUT2D eigenvalue weighted by Crippen LogP contribution is 2.50. The van der Waals surface area contributed by atoms with Gasteiger partial charge in [-0.15, -0.1) is 0 Å². The van der Waals surface area contributed by atoms with Gasteiger partial charge in [0.2, 0.25) is 0 Å². The van der Waals surface area contributed by atoms with Gasteiger partial charge in [-0.2, -0.15) is 13.2 Å². The van der Waals surface area contributed by atoms with Gasteiger partial charge in [-0.05, 0) is 157 Å². The van der Waals surface area contributed by atoms with E-state index in [9.17, 15) is 0 Å². The Bertz CT molecular complexity index is 5380. The maximum atomic E-state index is 16.6. The third kappa shape index (κ3) is 10.0. The first-order valence-electron chi connectivity index (χ1n) is 32.8. The molecule has 0 saturated carbocycles. The molecule has 14 aromatic carbocycles. The molecule has 18 rings (SSSR count).